The Kier molecular flexibility index (Phi) is 5.87. The van der Waals surface area contributed by atoms with Gasteiger partial charge in [-0.25, -0.2) is 9.78 Å². The summed E-state index contributed by atoms with van der Waals surface area (Å²) in [6, 6.07) is 0. The first-order valence-electron chi connectivity index (χ1n) is 7.34. The fourth-order valence-corrected chi connectivity index (χ4v) is 3.21. The van der Waals surface area contributed by atoms with Gasteiger partial charge in [0.2, 0.25) is 5.91 Å². The van der Waals surface area contributed by atoms with Gasteiger partial charge in [0, 0.05) is 13.2 Å². The van der Waals surface area contributed by atoms with Crippen molar-refractivity contribution in [1.82, 2.24) is 9.88 Å². The van der Waals surface area contributed by atoms with Crippen molar-refractivity contribution in [2.24, 2.45) is 0 Å². The van der Waals surface area contributed by atoms with Crippen LogP contribution in [0, 0.1) is 6.92 Å². The van der Waals surface area contributed by atoms with Gasteiger partial charge in [-0.3, -0.25) is 9.69 Å². The van der Waals surface area contributed by atoms with E-state index in [4.69, 9.17) is 9.84 Å². The molecule has 0 bridgehead atoms. The van der Waals surface area contributed by atoms with Crippen LogP contribution in [-0.2, 0) is 9.53 Å². The number of carbonyl (C=O) groups excluding carboxylic acids is 1. The number of amides is 1. The minimum absolute atomic E-state index is 0.155. The van der Waals surface area contributed by atoms with Gasteiger partial charge < -0.3 is 15.2 Å². The smallest absolute Gasteiger partial charge is 0.347 e. The summed E-state index contributed by atoms with van der Waals surface area (Å²) in [6.07, 6.45) is 2.31. The van der Waals surface area contributed by atoms with E-state index in [1.54, 1.807) is 6.92 Å². The minimum Gasteiger partial charge on any atom is -0.477 e. The first-order valence-corrected chi connectivity index (χ1v) is 8.15. The van der Waals surface area contributed by atoms with Crippen molar-refractivity contribution in [3.8, 4) is 0 Å². The number of aromatic carboxylic acids is 1. The number of thiazole rings is 1. The predicted molar refractivity (Wildman–Crippen MR) is 83.5 cm³/mol. The zero-order chi connectivity index (χ0) is 16.1. The Bertz CT molecular complexity index is 540. The molecule has 0 spiro atoms. The number of likely N-dealkylation sites (N-methyl/N-ethyl adjacent to an activating group) is 1. The molecule has 122 valence electrons. The molecule has 1 atom stereocenters. The maximum absolute atomic E-state index is 12.1. The van der Waals surface area contributed by atoms with E-state index in [1.165, 1.54) is 0 Å². The van der Waals surface area contributed by atoms with E-state index in [1.807, 2.05) is 11.8 Å². The molecule has 22 heavy (non-hydrogen) atoms. The Labute approximate surface area is 133 Å². The van der Waals surface area contributed by atoms with E-state index in [0.717, 1.165) is 43.9 Å². The lowest BCUT2D eigenvalue weighted by Gasteiger charge is -2.22. The molecule has 1 aliphatic heterocycles. The van der Waals surface area contributed by atoms with E-state index in [2.05, 4.69) is 10.3 Å². The molecule has 2 N–H and O–H groups in total. The molecule has 2 heterocycles. The first-order chi connectivity index (χ1) is 10.5. The van der Waals surface area contributed by atoms with Crippen molar-refractivity contribution in [2.75, 3.05) is 31.6 Å². The summed E-state index contributed by atoms with van der Waals surface area (Å²) in [5.74, 6) is -1.21. The van der Waals surface area contributed by atoms with Gasteiger partial charge in [-0.15, -0.1) is 0 Å². The van der Waals surface area contributed by atoms with Crippen LogP contribution in [0.3, 0.4) is 0 Å². The molecule has 8 heteroatoms. The third-order valence-electron chi connectivity index (χ3n) is 3.54. The van der Waals surface area contributed by atoms with Gasteiger partial charge in [0.1, 0.15) is 4.88 Å². The van der Waals surface area contributed by atoms with Crippen molar-refractivity contribution < 1.29 is 19.4 Å². The fourth-order valence-electron chi connectivity index (χ4n) is 2.39. The number of carboxylic acid groups (broad SMARTS) is 1. The van der Waals surface area contributed by atoms with Crippen LogP contribution >= 0.6 is 11.3 Å². The molecular formula is C14H21N3O4S. The Hall–Kier alpha value is -1.51. The van der Waals surface area contributed by atoms with Crippen molar-refractivity contribution in [3.63, 3.8) is 0 Å². The van der Waals surface area contributed by atoms with E-state index < -0.39 is 5.97 Å². The summed E-state index contributed by atoms with van der Waals surface area (Å²) in [5.41, 5.74) is 0.416. The summed E-state index contributed by atoms with van der Waals surface area (Å²) < 4.78 is 5.58. The summed E-state index contributed by atoms with van der Waals surface area (Å²) in [5, 5.41) is 12.0. The molecule has 1 aromatic heterocycles. The molecule has 1 fully saturated rings. The van der Waals surface area contributed by atoms with Gasteiger partial charge in [0.15, 0.2) is 5.13 Å². The number of ether oxygens (including phenoxy) is 1. The third-order valence-corrected chi connectivity index (χ3v) is 4.60. The molecular weight excluding hydrogens is 306 g/mol. The Morgan fingerprint density at radius 1 is 1.55 bits per heavy atom. The largest absolute Gasteiger partial charge is 0.477 e. The number of anilines is 1. The number of hydrogen-bond acceptors (Lipinski definition) is 6. The summed E-state index contributed by atoms with van der Waals surface area (Å²) in [6.45, 7) is 6.15. The highest BCUT2D eigenvalue weighted by molar-refractivity contribution is 7.17. The van der Waals surface area contributed by atoms with E-state index in [-0.39, 0.29) is 23.4 Å². The summed E-state index contributed by atoms with van der Waals surface area (Å²) in [7, 11) is 0. The molecule has 1 amide bonds. The predicted octanol–water partition coefficient (Wildman–Crippen LogP) is 1.59. The molecule has 1 aliphatic rings. The van der Waals surface area contributed by atoms with Crippen molar-refractivity contribution in [1.29, 1.82) is 0 Å². The standard InChI is InChI=1S/C14H21N3O4S/c1-3-17(7-10-5-4-6-21-10)8-11(18)16-14-15-9(2)12(22-14)13(19)20/h10H,3-8H2,1-2H3,(H,19,20)(H,15,16,18)/t10-/m1/s1. The third kappa shape index (κ3) is 4.49. The van der Waals surface area contributed by atoms with Crippen LogP contribution < -0.4 is 5.32 Å². The average Bonchev–Trinajstić information content (AvgIpc) is 3.07. The first kappa shape index (κ1) is 16.9. The highest BCUT2D eigenvalue weighted by Gasteiger charge is 2.21. The summed E-state index contributed by atoms with van der Waals surface area (Å²) >= 11 is 0.978. The molecule has 0 saturated carbocycles. The molecule has 0 unspecified atom stereocenters. The zero-order valence-electron chi connectivity index (χ0n) is 12.8. The number of nitrogens with zero attached hydrogens (tertiary/aromatic N) is 2. The van der Waals surface area contributed by atoms with Gasteiger partial charge in [-0.2, -0.15) is 0 Å². The maximum Gasteiger partial charge on any atom is 0.347 e. The average molecular weight is 327 g/mol. The molecule has 2 rings (SSSR count). The fraction of sp³-hybridized carbons (Fsp3) is 0.643. The molecule has 0 radical (unpaired) electrons. The van der Waals surface area contributed by atoms with Crippen LogP contribution in [0.25, 0.3) is 0 Å². The second-order valence-electron chi connectivity index (χ2n) is 5.25. The topological polar surface area (TPSA) is 91.8 Å². The Balaban J connectivity index is 1.87. The summed E-state index contributed by atoms with van der Waals surface area (Å²) in [4.78, 5) is 29.3. The van der Waals surface area contributed by atoms with Crippen LogP contribution in [0.15, 0.2) is 0 Å². The lowest BCUT2D eigenvalue weighted by molar-refractivity contribution is -0.117. The van der Waals surface area contributed by atoms with Gasteiger partial charge in [0.05, 0.1) is 18.3 Å². The monoisotopic (exact) mass is 327 g/mol. The quantitative estimate of drug-likeness (QED) is 0.790. The molecule has 0 aliphatic carbocycles. The Morgan fingerprint density at radius 2 is 2.32 bits per heavy atom. The molecule has 1 saturated heterocycles. The van der Waals surface area contributed by atoms with Gasteiger partial charge >= 0.3 is 5.97 Å². The van der Waals surface area contributed by atoms with Crippen LogP contribution in [0.4, 0.5) is 5.13 Å². The SMILES string of the molecule is CCN(CC(=O)Nc1nc(C)c(C(=O)O)s1)C[C@H]1CCCO1. The highest BCUT2D eigenvalue weighted by atomic mass is 32.1. The van der Waals surface area contributed by atoms with Crippen molar-refractivity contribution in [2.45, 2.75) is 32.8 Å². The number of hydrogen-bond donors (Lipinski definition) is 2. The van der Waals surface area contributed by atoms with E-state index in [0.29, 0.717) is 10.8 Å². The number of aromatic nitrogens is 1. The number of carboxylic acids is 1. The molecule has 1 aromatic rings. The normalized spacial score (nSPS) is 17.9. The van der Waals surface area contributed by atoms with Crippen LogP contribution in [-0.4, -0.2) is 59.2 Å². The van der Waals surface area contributed by atoms with Gasteiger partial charge in [-0.1, -0.05) is 18.3 Å². The Morgan fingerprint density at radius 3 is 2.86 bits per heavy atom. The maximum atomic E-state index is 12.1. The van der Waals surface area contributed by atoms with E-state index >= 15 is 0 Å². The lowest BCUT2D eigenvalue weighted by atomic mass is 10.2. The second kappa shape index (κ2) is 7.66. The lowest BCUT2D eigenvalue weighted by Crippen LogP contribution is -2.38. The second-order valence-corrected chi connectivity index (χ2v) is 6.25. The van der Waals surface area contributed by atoms with Crippen LogP contribution in [0.5, 0.6) is 0 Å². The molecule has 0 aromatic carbocycles. The minimum atomic E-state index is -1.02. The number of aryl methyl sites for hydroxylation is 1. The van der Waals surface area contributed by atoms with Crippen molar-refractivity contribution in [3.05, 3.63) is 10.6 Å². The van der Waals surface area contributed by atoms with Crippen LogP contribution in [0.2, 0.25) is 0 Å². The number of carbonyl (C=O) groups is 2. The van der Waals surface area contributed by atoms with Gasteiger partial charge in [0.25, 0.3) is 0 Å². The highest BCUT2D eigenvalue weighted by Crippen LogP contribution is 2.22. The van der Waals surface area contributed by atoms with Crippen LogP contribution in [0.1, 0.15) is 35.1 Å². The number of rotatable bonds is 7. The molecule has 7 nitrogen and oxygen atoms in total. The zero-order valence-corrected chi connectivity index (χ0v) is 13.6. The van der Waals surface area contributed by atoms with Crippen molar-refractivity contribution >= 4 is 28.3 Å². The van der Waals surface area contributed by atoms with E-state index in [9.17, 15) is 9.59 Å². The van der Waals surface area contributed by atoms with Gasteiger partial charge in [-0.05, 0) is 26.3 Å². The number of nitrogens with one attached hydrogen (secondary N) is 1.